The molecule has 1 aliphatic rings. The molecular formula is C44H48N2O7S2. The maximum atomic E-state index is 13.6. The molecular weight excluding hydrogens is 733 g/mol. The van der Waals surface area contributed by atoms with Crippen molar-refractivity contribution in [2.75, 3.05) is 18.1 Å². The minimum Gasteiger partial charge on any atom is -0.396 e. The second-order valence-electron chi connectivity index (χ2n) is 13.8. The first kappa shape index (κ1) is 40.3. The lowest BCUT2D eigenvalue weighted by atomic mass is 9.91. The number of thioether (sulfide) groups is 1. The topological polar surface area (TPSA) is 134 Å². The number of aliphatic hydroxyl groups is 2. The van der Waals surface area contributed by atoms with E-state index in [1.165, 1.54) is 12.1 Å². The maximum absolute atomic E-state index is 13.6. The van der Waals surface area contributed by atoms with E-state index in [1.54, 1.807) is 23.9 Å². The monoisotopic (exact) mass is 780 g/mol. The van der Waals surface area contributed by atoms with Crippen LogP contribution >= 0.6 is 11.8 Å². The van der Waals surface area contributed by atoms with Crippen molar-refractivity contribution in [3.63, 3.8) is 0 Å². The summed E-state index contributed by atoms with van der Waals surface area (Å²) in [7, 11) is -3.96. The number of amides is 1. The van der Waals surface area contributed by atoms with Gasteiger partial charge in [-0.3, -0.25) is 4.79 Å². The molecule has 9 nitrogen and oxygen atoms in total. The molecule has 5 aromatic carbocycles. The van der Waals surface area contributed by atoms with E-state index in [2.05, 4.69) is 17.0 Å². The number of hydrogen-bond donors (Lipinski definition) is 4. The van der Waals surface area contributed by atoms with E-state index in [0.717, 1.165) is 50.3 Å². The van der Waals surface area contributed by atoms with Crippen LogP contribution in [0.5, 0.6) is 0 Å². The van der Waals surface area contributed by atoms with Crippen LogP contribution in [0.25, 0.3) is 11.1 Å². The van der Waals surface area contributed by atoms with Crippen molar-refractivity contribution in [3.05, 3.63) is 161 Å². The summed E-state index contributed by atoms with van der Waals surface area (Å²) in [5, 5.41) is 21.9. The molecule has 5 atom stereocenters. The first-order valence-electron chi connectivity index (χ1n) is 18.4. The van der Waals surface area contributed by atoms with Crippen molar-refractivity contribution in [1.82, 2.24) is 10.0 Å². The van der Waals surface area contributed by atoms with Crippen molar-refractivity contribution < 1.29 is 32.9 Å². The van der Waals surface area contributed by atoms with Crippen molar-refractivity contribution >= 4 is 27.7 Å². The molecule has 5 unspecified atom stereocenters. The van der Waals surface area contributed by atoms with Gasteiger partial charge in [-0.05, 0) is 64.9 Å². The third kappa shape index (κ3) is 10.7. The maximum Gasteiger partial charge on any atom is 0.241 e. The molecule has 0 aliphatic carbocycles. The van der Waals surface area contributed by atoms with E-state index in [4.69, 9.17) is 9.47 Å². The summed E-state index contributed by atoms with van der Waals surface area (Å²) < 4.78 is 42.4. The Bertz CT molecular complexity index is 2100. The Morgan fingerprint density at radius 3 is 2.16 bits per heavy atom. The average Bonchev–Trinajstić information content (AvgIpc) is 3.21. The van der Waals surface area contributed by atoms with Crippen LogP contribution in [-0.2, 0) is 43.9 Å². The molecule has 0 saturated carbocycles. The quantitative estimate of drug-likeness (QED) is 0.0798. The minimum atomic E-state index is -3.96. The fraction of sp³-hybridized carbons (Fsp3) is 0.295. The molecule has 1 aliphatic heterocycles. The smallest absolute Gasteiger partial charge is 0.241 e. The minimum absolute atomic E-state index is 0.0223. The van der Waals surface area contributed by atoms with E-state index >= 15 is 0 Å². The van der Waals surface area contributed by atoms with E-state index in [-0.39, 0.29) is 49.2 Å². The molecule has 5 aromatic rings. The molecule has 0 radical (unpaired) electrons. The van der Waals surface area contributed by atoms with Gasteiger partial charge in [0.15, 0.2) is 6.29 Å². The van der Waals surface area contributed by atoms with E-state index < -0.39 is 28.3 Å². The van der Waals surface area contributed by atoms with Gasteiger partial charge in [0.05, 0.1) is 30.3 Å². The Labute approximate surface area is 328 Å². The highest BCUT2D eigenvalue weighted by molar-refractivity contribution is 7.99. The predicted molar refractivity (Wildman–Crippen MR) is 217 cm³/mol. The van der Waals surface area contributed by atoms with E-state index in [0.29, 0.717) is 5.75 Å². The number of aryl methyl sites for hydroxylation is 1. The van der Waals surface area contributed by atoms with Gasteiger partial charge in [-0.15, -0.1) is 0 Å². The fourth-order valence-electron chi connectivity index (χ4n) is 6.59. The van der Waals surface area contributed by atoms with Gasteiger partial charge in [-0.2, -0.15) is 16.5 Å². The summed E-state index contributed by atoms with van der Waals surface area (Å²) in [5.74, 6) is 0.991. The van der Waals surface area contributed by atoms with Gasteiger partial charge in [0.1, 0.15) is 6.04 Å². The van der Waals surface area contributed by atoms with Crippen LogP contribution in [0.4, 0.5) is 0 Å². The largest absolute Gasteiger partial charge is 0.396 e. The highest BCUT2D eigenvalue weighted by atomic mass is 32.2. The summed E-state index contributed by atoms with van der Waals surface area (Å²) >= 11 is 1.65. The van der Waals surface area contributed by atoms with Gasteiger partial charge in [0.25, 0.3) is 0 Å². The molecule has 1 fully saturated rings. The number of nitrogens with one attached hydrogen (secondary N) is 2. The van der Waals surface area contributed by atoms with Crippen LogP contribution in [0.15, 0.2) is 132 Å². The molecule has 1 saturated heterocycles. The van der Waals surface area contributed by atoms with Crippen LogP contribution in [-0.4, -0.2) is 54.8 Å². The van der Waals surface area contributed by atoms with E-state index in [9.17, 15) is 23.4 Å². The SMILES string of the molecule is Cc1ccc(S(=O)(=O)NC(Cc2ccccc2)C(=O)NCc2cccc(-c3ccc(C4OC(CSCCO)C(C)C(c5ccc(CO)cc5)O4)cc3)c2)cc1. The number of aliphatic hydroxyl groups excluding tert-OH is 2. The summed E-state index contributed by atoms with van der Waals surface area (Å²) in [6.45, 7) is 4.30. The lowest BCUT2D eigenvalue weighted by Gasteiger charge is -2.41. The van der Waals surface area contributed by atoms with Gasteiger partial charge in [-0.25, -0.2) is 8.42 Å². The average molecular weight is 781 g/mol. The molecule has 55 heavy (non-hydrogen) atoms. The van der Waals surface area contributed by atoms with Crippen LogP contribution in [0.3, 0.4) is 0 Å². The number of ether oxygens (including phenoxy) is 2. The second kappa shape index (κ2) is 19.0. The summed E-state index contributed by atoms with van der Waals surface area (Å²) in [4.78, 5) is 13.7. The van der Waals surface area contributed by atoms with Crippen molar-refractivity contribution in [2.45, 2.75) is 62.9 Å². The molecule has 11 heteroatoms. The van der Waals surface area contributed by atoms with Crippen LogP contribution < -0.4 is 10.0 Å². The summed E-state index contributed by atoms with van der Waals surface area (Å²) in [5.41, 5.74) is 7.30. The Hall–Kier alpha value is -4.33. The molecule has 1 heterocycles. The Morgan fingerprint density at radius 1 is 0.782 bits per heavy atom. The van der Waals surface area contributed by atoms with Gasteiger partial charge in [-0.1, -0.05) is 122 Å². The molecule has 0 bridgehead atoms. The lowest BCUT2D eigenvalue weighted by molar-refractivity contribution is -0.268. The van der Waals surface area contributed by atoms with E-state index in [1.807, 2.05) is 110 Å². The molecule has 4 N–H and O–H groups in total. The molecule has 1 amide bonds. The zero-order valence-electron chi connectivity index (χ0n) is 31.0. The van der Waals surface area contributed by atoms with Gasteiger partial charge in [0.2, 0.25) is 15.9 Å². The predicted octanol–water partition coefficient (Wildman–Crippen LogP) is 6.88. The fourth-order valence-corrected chi connectivity index (χ4v) is 8.70. The third-order valence-corrected chi connectivity index (χ3v) is 12.3. The standard InChI is InChI=1S/C44H48N2O7S2/c1-30-11-21-39(22-12-30)55(50,51)46-40(26-32-7-4-3-5-8-32)43(49)45-27-34-9-6-10-38(25-34)35-17-19-37(20-18-35)44-52-41(29-54-24-23-47)31(2)42(53-44)36-15-13-33(28-48)14-16-36/h3-22,25,31,40-42,44,46-48H,23-24,26-29H2,1-2H3,(H,45,49). The number of carbonyl (C=O) groups is 1. The Balaban J connectivity index is 1.14. The third-order valence-electron chi connectivity index (χ3n) is 9.78. The molecule has 6 rings (SSSR count). The first-order valence-corrected chi connectivity index (χ1v) is 21.1. The zero-order valence-corrected chi connectivity index (χ0v) is 32.6. The van der Waals surface area contributed by atoms with Gasteiger partial charge >= 0.3 is 0 Å². The number of sulfonamides is 1. The first-order chi connectivity index (χ1) is 26.6. The molecule has 0 spiro atoms. The molecule has 288 valence electrons. The highest BCUT2D eigenvalue weighted by Gasteiger charge is 2.38. The Kier molecular flexibility index (Phi) is 13.9. The number of rotatable bonds is 16. The van der Waals surface area contributed by atoms with Crippen LogP contribution in [0, 0.1) is 12.8 Å². The van der Waals surface area contributed by atoms with Crippen LogP contribution in [0.1, 0.15) is 52.7 Å². The highest BCUT2D eigenvalue weighted by Crippen LogP contribution is 2.42. The molecule has 0 aromatic heterocycles. The number of carbonyl (C=O) groups excluding carboxylic acids is 1. The second-order valence-corrected chi connectivity index (χ2v) is 16.7. The van der Waals surface area contributed by atoms with Gasteiger partial charge in [0, 0.05) is 29.5 Å². The van der Waals surface area contributed by atoms with Crippen molar-refractivity contribution in [2.24, 2.45) is 5.92 Å². The van der Waals surface area contributed by atoms with Crippen LogP contribution in [0.2, 0.25) is 0 Å². The van der Waals surface area contributed by atoms with Gasteiger partial charge < -0.3 is 25.0 Å². The lowest BCUT2D eigenvalue weighted by Crippen LogP contribution is -2.47. The summed E-state index contributed by atoms with van der Waals surface area (Å²) in [6, 6.07) is 38.6. The van der Waals surface area contributed by atoms with Crippen molar-refractivity contribution in [1.29, 1.82) is 0 Å². The summed E-state index contributed by atoms with van der Waals surface area (Å²) in [6.07, 6.45) is -0.727. The number of benzene rings is 5. The normalized spacial score (nSPS) is 19.1. The van der Waals surface area contributed by atoms with Crippen molar-refractivity contribution in [3.8, 4) is 11.1 Å². The Morgan fingerprint density at radius 2 is 1.47 bits per heavy atom. The number of hydrogen-bond acceptors (Lipinski definition) is 8. The zero-order chi connectivity index (χ0) is 38.8.